The van der Waals surface area contributed by atoms with E-state index < -0.39 is 0 Å². The average Bonchev–Trinajstić information content (AvgIpc) is 2.03. The zero-order valence-electron chi connectivity index (χ0n) is 8.09. The Morgan fingerprint density at radius 3 is 2.25 bits per heavy atom. The third-order valence-electron chi connectivity index (χ3n) is 1.49. The highest BCUT2D eigenvalue weighted by Crippen LogP contribution is 2.10. The Kier molecular flexibility index (Phi) is 5.19. The molecule has 0 rings (SSSR count). The van der Waals surface area contributed by atoms with Gasteiger partial charge < -0.3 is 0 Å². The maximum atomic E-state index is 5.65. The molecular weight excluding hydrogens is 143 g/mol. The summed E-state index contributed by atoms with van der Waals surface area (Å²) < 4.78 is 0. The average molecular weight is 158 g/mol. The molecule has 0 aromatic heterocycles. The van der Waals surface area contributed by atoms with Crippen LogP contribution in [-0.2, 0) is 0 Å². The first kappa shape index (κ1) is 11.0. The van der Waals surface area contributed by atoms with Crippen molar-refractivity contribution in [1.29, 1.82) is 0 Å². The van der Waals surface area contributed by atoms with E-state index in [0.717, 1.165) is 16.6 Å². The zero-order chi connectivity index (χ0) is 9.56. The SMILES string of the molecule is [B]C(=C/C)/C=C(\C=C/C)C(=C)C. The van der Waals surface area contributed by atoms with E-state index in [4.69, 9.17) is 7.85 Å². The van der Waals surface area contributed by atoms with Gasteiger partial charge in [0.1, 0.15) is 7.85 Å². The van der Waals surface area contributed by atoms with Crippen LogP contribution in [0, 0.1) is 0 Å². The van der Waals surface area contributed by atoms with Gasteiger partial charge in [0, 0.05) is 0 Å². The van der Waals surface area contributed by atoms with Crippen LogP contribution in [-0.4, -0.2) is 7.85 Å². The molecule has 0 fully saturated rings. The van der Waals surface area contributed by atoms with Gasteiger partial charge in [0.05, 0.1) is 0 Å². The van der Waals surface area contributed by atoms with Crippen LogP contribution in [0.25, 0.3) is 0 Å². The van der Waals surface area contributed by atoms with Crippen molar-refractivity contribution in [2.75, 3.05) is 0 Å². The topological polar surface area (TPSA) is 0 Å². The summed E-state index contributed by atoms with van der Waals surface area (Å²) in [6.45, 7) is 9.72. The first-order valence-electron chi connectivity index (χ1n) is 4.03. The van der Waals surface area contributed by atoms with Crippen molar-refractivity contribution in [1.82, 2.24) is 0 Å². The molecule has 0 nitrogen and oxygen atoms in total. The van der Waals surface area contributed by atoms with Gasteiger partial charge >= 0.3 is 0 Å². The quantitative estimate of drug-likeness (QED) is 0.437. The Morgan fingerprint density at radius 1 is 1.33 bits per heavy atom. The molecule has 0 amide bonds. The molecule has 0 atom stereocenters. The van der Waals surface area contributed by atoms with Crippen molar-refractivity contribution in [3.05, 3.63) is 47.5 Å². The van der Waals surface area contributed by atoms with E-state index in [2.05, 4.69) is 6.58 Å². The second-order valence-electron chi connectivity index (χ2n) is 2.67. The molecule has 0 spiro atoms. The third-order valence-corrected chi connectivity index (χ3v) is 1.49. The molecule has 62 valence electrons. The van der Waals surface area contributed by atoms with E-state index in [9.17, 15) is 0 Å². The summed E-state index contributed by atoms with van der Waals surface area (Å²) in [4.78, 5) is 0. The highest BCUT2D eigenvalue weighted by Gasteiger charge is 1.91. The fraction of sp³-hybridized carbons (Fsp3) is 0.273. The van der Waals surface area contributed by atoms with Gasteiger partial charge in [-0.1, -0.05) is 36.5 Å². The van der Waals surface area contributed by atoms with E-state index in [-0.39, 0.29) is 0 Å². The van der Waals surface area contributed by atoms with Crippen molar-refractivity contribution < 1.29 is 0 Å². The van der Waals surface area contributed by atoms with Gasteiger partial charge in [0.2, 0.25) is 0 Å². The molecule has 0 aliphatic carbocycles. The molecule has 0 aliphatic heterocycles. The van der Waals surface area contributed by atoms with Crippen LogP contribution < -0.4 is 0 Å². The molecule has 0 aromatic rings. The summed E-state index contributed by atoms with van der Waals surface area (Å²) >= 11 is 0. The first-order chi connectivity index (χ1) is 5.61. The van der Waals surface area contributed by atoms with Crippen LogP contribution in [0.15, 0.2) is 47.5 Å². The number of hydrogen-bond donors (Lipinski definition) is 0. The van der Waals surface area contributed by atoms with Crippen LogP contribution in [0.2, 0.25) is 0 Å². The minimum atomic E-state index is 0.770. The fourth-order valence-electron chi connectivity index (χ4n) is 0.756. The van der Waals surface area contributed by atoms with E-state index in [1.165, 1.54) is 0 Å². The predicted octanol–water partition coefficient (Wildman–Crippen LogP) is 3.14. The number of hydrogen-bond acceptors (Lipinski definition) is 0. The van der Waals surface area contributed by atoms with Crippen molar-refractivity contribution >= 4 is 7.85 Å². The van der Waals surface area contributed by atoms with Crippen LogP contribution in [0.1, 0.15) is 20.8 Å². The molecule has 0 heterocycles. The molecule has 12 heavy (non-hydrogen) atoms. The monoisotopic (exact) mass is 158 g/mol. The molecule has 0 saturated carbocycles. The van der Waals surface area contributed by atoms with Crippen molar-refractivity contribution in [2.45, 2.75) is 20.8 Å². The van der Waals surface area contributed by atoms with E-state index >= 15 is 0 Å². The summed E-state index contributed by atoms with van der Waals surface area (Å²) in [5, 5.41) is 0. The molecule has 1 heteroatoms. The largest absolute Gasteiger partial charge is 0.113 e. The lowest BCUT2D eigenvalue weighted by Crippen LogP contribution is -1.82. The summed E-state index contributed by atoms with van der Waals surface area (Å²) in [5.74, 6) is 0. The standard InChI is InChI=1S/C11H15B/c1-5-7-10(9(3)4)8-11(12)6-2/h5-8H,3H2,1-2,4H3/b7-5-,10-8+,11-6+. The maximum absolute atomic E-state index is 5.65. The summed E-state index contributed by atoms with van der Waals surface area (Å²) in [5.41, 5.74) is 2.87. The first-order valence-corrected chi connectivity index (χ1v) is 4.03. The number of allylic oxidation sites excluding steroid dienone is 7. The van der Waals surface area contributed by atoms with Gasteiger partial charge in [-0.15, -0.1) is 5.47 Å². The van der Waals surface area contributed by atoms with E-state index in [1.807, 2.05) is 45.1 Å². The molecule has 0 aliphatic rings. The molecule has 0 saturated heterocycles. The molecule has 0 aromatic carbocycles. The lowest BCUT2D eigenvalue weighted by molar-refractivity contribution is 1.43. The Bertz CT molecular complexity index is 242. The van der Waals surface area contributed by atoms with Crippen molar-refractivity contribution in [2.24, 2.45) is 0 Å². The van der Waals surface area contributed by atoms with Crippen LogP contribution in [0.3, 0.4) is 0 Å². The predicted molar refractivity (Wildman–Crippen MR) is 57.2 cm³/mol. The lowest BCUT2D eigenvalue weighted by atomic mass is 9.92. The van der Waals surface area contributed by atoms with E-state index in [1.54, 1.807) is 0 Å². The van der Waals surface area contributed by atoms with Crippen LogP contribution in [0.4, 0.5) is 0 Å². The Labute approximate surface area is 76.8 Å². The smallest absolute Gasteiger partial charge is 0.100 e. The highest BCUT2D eigenvalue weighted by atomic mass is 14.0. The van der Waals surface area contributed by atoms with Gasteiger partial charge in [0.15, 0.2) is 0 Å². The summed E-state index contributed by atoms with van der Waals surface area (Å²) in [6, 6.07) is 0. The van der Waals surface area contributed by atoms with Gasteiger partial charge in [-0.05, 0) is 26.3 Å². The lowest BCUT2D eigenvalue weighted by Gasteiger charge is -2.00. The second-order valence-corrected chi connectivity index (χ2v) is 2.67. The Balaban J connectivity index is 4.73. The van der Waals surface area contributed by atoms with Gasteiger partial charge in [-0.25, -0.2) is 0 Å². The molecule has 0 N–H and O–H groups in total. The van der Waals surface area contributed by atoms with Crippen LogP contribution >= 0.6 is 0 Å². The molecular formula is C11H15B. The Hall–Kier alpha value is -0.975. The van der Waals surface area contributed by atoms with Gasteiger partial charge in [-0.3, -0.25) is 0 Å². The van der Waals surface area contributed by atoms with E-state index in [0.29, 0.717) is 0 Å². The third kappa shape index (κ3) is 4.02. The minimum Gasteiger partial charge on any atom is -0.100 e. The van der Waals surface area contributed by atoms with Gasteiger partial charge in [0.25, 0.3) is 0 Å². The normalized spacial score (nSPS) is 13.9. The molecule has 0 bridgehead atoms. The Morgan fingerprint density at radius 2 is 1.92 bits per heavy atom. The number of rotatable bonds is 3. The minimum absolute atomic E-state index is 0.770. The fourth-order valence-corrected chi connectivity index (χ4v) is 0.756. The zero-order valence-corrected chi connectivity index (χ0v) is 8.09. The second kappa shape index (κ2) is 5.65. The summed E-state index contributed by atoms with van der Waals surface area (Å²) in [7, 11) is 5.65. The van der Waals surface area contributed by atoms with Crippen LogP contribution in [0.5, 0.6) is 0 Å². The maximum Gasteiger partial charge on any atom is 0.113 e. The molecule has 2 radical (unpaired) electrons. The van der Waals surface area contributed by atoms with Crippen molar-refractivity contribution in [3.8, 4) is 0 Å². The highest BCUT2D eigenvalue weighted by molar-refractivity contribution is 6.23. The molecule has 0 unspecified atom stereocenters. The van der Waals surface area contributed by atoms with Crippen molar-refractivity contribution in [3.63, 3.8) is 0 Å². The van der Waals surface area contributed by atoms with Gasteiger partial charge in [-0.2, -0.15) is 0 Å². The summed E-state index contributed by atoms with van der Waals surface area (Å²) in [6.07, 6.45) is 7.76.